The fraction of sp³-hybridized carbons (Fsp3) is 0.154. The summed E-state index contributed by atoms with van der Waals surface area (Å²) in [6.45, 7) is 0. The van der Waals surface area contributed by atoms with E-state index >= 15 is 0 Å². The molecule has 2 heterocycles. The van der Waals surface area contributed by atoms with Crippen LogP contribution in [0.3, 0.4) is 0 Å². The molecule has 7 heteroatoms. The Morgan fingerprint density at radius 1 is 1.50 bits per heavy atom. The first-order chi connectivity index (χ1) is 9.74. The van der Waals surface area contributed by atoms with Crippen LogP contribution in [-0.4, -0.2) is 30.5 Å². The van der Waals surface area contributed by atoms with E-state index in [0.29, 0.717) is 5.56 Å². The van der Waals surface area contributed by atoms with Crippen molar-refractivity contribution in [2.45, 2.75) is 4.21 Å². The van der Waals surface area contributed by atoms with E-state index in [0.717, 1.165) is 14.8 Å². The van der Waals surface area contributed by atoms with Crippen LogP contribution in [0.1, 0.15) is 15.9 Å². The molecule has 0 aromatic carbocycles. The molecule has 0 saturated heterocycles. The van der Waals surface area contributed by atoms with Crippen molar-refractivity contribution in [1.82, 2.24) is 10.4 Å². The maximum Gasteiger partial charge on any atom is 0.271 e. The molecular formula is C13H13N3O2S2. The van der Waals surface area contributed by atoms with E-state index in [2.05, 4.69) is 15.5 Å². The third kappa shape index (κ3) is 3.58. The topological polar surface area (TPSA) is 63.6 Å². The highest BCUT2D eigenvalue weighted by atomic mass is 32.2. The number of nitrogens with one attached hydrogen (secondary N) is 1. The average Bonchev–Trinajstić information content (AvgIpc) is 2.90. The molecule has 0 fully saturated rings. The number of carbonyl (C=O) groups excluding carboxylic acids is 1. The Balaban J connectivity index is 2.03. The minimum absolute atomic E-state index is 0.275. The van der Waals surface area contributed by atoms with Crippen molar-refractivity contribution < 1.29 is 9.53 Å². The maximum atomic E-state index is 11.8. The molecule has 0 atom stereocenters. The first kappa shape index (κ1) is 14.5. The van der Waals surface area contributed by atoms with Crippen molar-refractivity contribution in [2.75, 3.05) is 13.4 Å². The van der Waals surface area contributed by atoms with Crippen molar-refractivity contribution in [1.29, 1.82) is 0 Å². The first-order valence-electron chi connectivity index (χ1n) is 5.70. The normalized spacial score (nSPS) is 10.7. The van der Waals surface area contributed by atoms with Crippen LogP contribution in [-0.2, 0) is 0 Å². The molecule has 0 unspecified atom stereocenters. The molecule has 0 aliphatic rings. The molecule has 104 valence electrons. The van der Waals surface area contributed by atoms with E-state index in [1.807, 2.05) is 12.3 Å². The summed E-state index contributed by atoms with van der Waals surface area (Å²) in [7, 11) is 1.61. The smallest absolute Gasteiger partial charge is 0.271 e. The predicted molar refractivity (Wildman–Crippen MR) is 81.9 cm³/mol. The minimum atomic E-state index is -0.275. The van der Waals surface area contributed by atoms with Crippen LogP contribution < -0.4 is 10.2 Å². The average molecular weight is 307 g/mol. The van der Waals surface area contributed by atoms with Crippen molar-refractivity contribution in [2.24, 2.45) is 5.10 Å². The summed E-state index contributed by atoms with van der Waals surface area (Å²) in [5, 5.41) is 4.72. The number of carbonyl (C=O) groups is 1. The van der Waals surface area contributed by atoms with E-state index < -0.39 is 0 Å². The molecule has 0 radical (unpaired) electrons. The molecule has 0 bridgehead atoms. The lowest BCUT2D eigenvalue weighted by atomic mass is 10.3. The number of nitrogens with zero attached hydrogens (tertiary/aromatic N) is 2. The third-order valence-electron chi connectivity index (χ3n) is 2.40. The molecule has 0 aliphatic carbocycles. The van der Waals surface area contributed by atoms with Gasteiger partial charge in [-0.15, -0.1) is 11.8 Å². The fourth-order valence-corrected chi connectivity index (χ4v) is 2.93. The summed E-state index contributed by atoms with van der Waals surface area (Å²) < 4.78 is 6.39. The van der Waals surface area contributed by atoms with Crippen molar-refractivity contribution in [3.8, 4) is 5.06 Å². The maximum absolute atomic E-state index is 11.8. The molecular weight excluding hydrogens is 294 g/mol. The molecule has 0 saturated carbocycles. The lowest BCUT2D eigenvalue weighted by Crippen LogP contribution is -2.17. The monoisotopic (exact) mass is 307 g/mol. The lowest BCUT2D eigenvalue weighted by Gasteiger charge is -1.99. The standard InChI is InChI=1S/C13H13N3O2S2/c1-18-13-10(7-11(19-2)20-13)8-15-16-12(17)9-3-5-14-6-4-9/h3-8H,1-2H3,(H,16,17)/b15-8+. The van der Waals surface area contributed by atoms with Crippen LogP contribution in [0.5, 0.6) is 5.06 Å². The summed E-state index contributed by atoms with van der Waals surface area (Å²) in [4.78, 5) is 15.6. The number of methoxy groups -OCH3 is 1. The van der Waals surface area contributed by atoms with Crippen molar-refractivity contribution >= 4 is 35.2 Å². The van der Waals surface area contributed by atoms with E-state index in [9.17, 15) is 4.79 Å². The van der Waals surface area contributed by atoms with Gasteiger partial charge in [0.25, 0.3) is 5.91 Å². The predicted octanol–water partition coefficient (Wildman–Crippen LogP) is 2.64. The molecule has 0 spiro atoms. The van der Waals surface area contributed by atoms with Crippen LogP contribution >= 0.6 is 23.1 Å². The van der Waals surface area contributed by atoms with Crippen LogP contribution in [0, 0.1) is 0 Å². The minimum Gasteiger partial charge on any atom is -0.487 e. The van der Waals surface area contributed by atoms with Gasteiger partial charge in [0, 0.05) is 23.5 Å². The molecule has 5 nitrogen and oxygen atoms in total. The Hall–Kier alpha value is -1.86. The largest absolute Gasteiger partial charge is 0.487 e. The number of hydrogen-bond acceptors (Lipinski definition) is 6. The van der Waals surface area contributed by atoms with Gasteiger partial charge in [-0.3, -0.25) is 9.78 Å². The molecule has 1 amide bonds. The zero-order chi connectivity index (χ0) is 14.4. The van der Waals surface area contributed by atoms with Crippen LogP contribution in [0.15, 0.2) is 39.9 Å². The zero-order valence-corrected chi connectivity index (χ0v) is 12.6. The van der Waals surface area contributed by atoms with Crippen molar-refractivity contribution in [3.63, 3.8) is 0 Å². The van der Waals surface area contributed by atoms with Gasteiger partial charge in [0.2, 0.25) is 0 Å². The highest BCUT2D eigenvalue weighted by Crippen LogP contribution is 2.34. The van der Waals surface area contributed by atoms with Gasteiger partial charge in [0.1, 0.15) is 0 Å². The van der Waals surface area contributed by atoms with Gasteiger partial charge in [0.15, 0.2) is 5.06 Å². The summed E-state index contributed by atoms with van der Waals surface area (Å²) in [5.74, 6) is -0.275. The van der Waals surface area contributed by atoms with E-state index in [1.165, 1.54) is 0 Å². The second-order valence-corrected chi connectivity index (χ2v) is 5.77. The fourth-order valence-electron chi connectivity index (χ4n) is 1.44. The Morgan fingerprint density at radius 3 is 2.90 bits per heavy atom. The third-order valence-corrected chi connectivity index (χ3v) is 4.58. The molecule has 2 aromatic rings. The highest BCUT2D eigenvalue weighted by Gasteiger charge is 2.07. The van der Waals surface area contributed by atoms with Gasteiger partial charge in [-0.2, -0.15) is 5.10 Å². The Kier molecular flexibility index (Phi) is 5.14. The number of ether oxygens (including phenoxy) is 1. The Bertz CT molecular complexity index is 611. The van der Waals surface area contributed by atoms with Gasteiger partial charge < -0.3 is 4.74 Å². The number of aromatic nitrogens is 1. The number of rotatable bonds is 5. The molecule has 1 N–H and O–H groups in total. The summed E-state index contributed by atoms with van der Waals surface area (Å²) in [6.07, 6.45) is 6.70. The SMILES string of the molecule is COc1sc(SC)cc1/C=N/NC(=O)c1ccncc1. The Morgan fingerprint density at radius 2 is 2.25 bits per heavy atom. The van der Waals surface area contributed by atoms with E-state index in [-0.39, 0.29) is 5.91 Å². The van der Waals surface area contributed by atoms with Crippen LogP contribution in [0.2, 0.25) is 0 Å². The van der Waals surface area contributed by atoms with Crippen LogP contribution in [0.25, 0.3) is 0 Å². The zero-order valence-electron chi connectivity index (χ0n) is 11.0. The van der Waals surface area contributed by atoms with E-state index in [1.54, 1.807) is 60.9 Å². The summed E-state index contributed by atoms with van der Waals surface area (Å²) >= 11 is 3.18. The van der Waals surface area contributed by atoms with Gasteiger partial charge in [-0.1, -0.05) is 11.3 Å². The number of hydrogen-bond donors (Lipinski definition) is 1. The quantitative estimate of drug-likeness (QED) is 0.524. The van der Waals surface area contributed by atoms with Gasteiger partial charge in [-0.25, -0.2) is 5.43 Å². The van der Waals surface area contributed by atoms with Gasteiger partial charge >= 0.3 is 0 Å². The van der Waals surface area contributed by atoms with E-state index in [4.69, 9.17) is 4.74 Å². The number of thiophene rings is 1. The molecule has 20 heavy (non-hydrogen) atoms. The van der Waals surface area contributed by atoms with Gasteiger partial charge in [0.05, 0.1) is 17.5 Å². The number of pyridine rings is 1. The summed E-state index contributed by atoms with van der Waals surface area (Å²) in [6, 6.07) is 5.22. The van der Waals surface area contributed by atoms with Crippen LogP contribution in [0.4, 0.5) is 0 Å². The lowest BCUT2D eigenvalue weighted by molar-refractivity contribution is 0.0955. The summed E-state index contributed by atoms with van der Waals surface area (Å²) in [5.41, 5.74) is 3.83. The Labute approximate surface area is 125 Å². The second kappa shape index (κ2) is 7.06. The molecule has 2 rings (SSSR count). The number of thioether (sulfide) groups is 1. The highest BCUT2D eigenvalue weighted by molar-refractivity contribution is 8.00. The van der Waals surface area contributed by atoms with Crippen molar-refractivity contribution in [3.05, 3.63) is 41.7 Å². The molecule has 0 aliphatic heterocycles. The second-order valence-electron chi connectivity index (χ2n) is 3.65. The first-order valence-corrected chi connectivity index (χ1v) is 7.74. The van der Waals surface area contributed by atoms with Gasteiger partial charge in [-0.05, 0) is 24.5 Å². The molecule has 2 aromatic heterocycles. The number of hydrazone groups is 1. The number of amides is 1.